The van der Waals surface area contributed by atoms with Crippen molar-refractivity contribution in [1.29, 1.82) is 0 Å². The molecule has 2 atom stereocenters. The molecule has 2 unspecified atom stereocenters. The van der Waals surface area contributed by atoms with Gasteiger partial charge in [-0.05, 0) is 66.6 Å². The molecule has 5 heteroatoms. The lowest BCUT2D eigenvalue weighted by atomic mass is 9.93. The van der Waals surface area contributed by atoms with Gasteiger partial charge in [0.2, 0.25) is 5.91 Å². The van der Waals surface area contributed by atoms with Gasteiger partial charge in [0, 0.05) is 24.0 Å². The number of hydrogen-bond donors (Lipinski definition) is 1. The fourth-order valence-electron chi connectivity index (χ4n) is 3.28. The van der Waals surface area contributed by atoms with E-state index in [1.54, 1.807) is 0 Å². The van der Waals surface area contributed by atoms with Crippen molar-refractivity contribution in [3.8, 4) is 0 Å². The Morgan fingerprint density at radius 1 is 1.45 bits per heavy atom. The fourth-order valence-corrected chi connectivity index (χ4v) is 5.10. The van der Waals surface area contributed by atoms with Crippen LogP contribution in [0.5, 0.6) is 0 Å². The highest BCUT2D eigenvalue weighted by atomic mass is 79.9. The number of nitrogens with zero attached hydrogens (tertiary/aromatic N) is 1. The molecule has 110 valence electrons. The maximum Gasteiger partial charge on any atom is 0.239 e. The van der Waals surface area contributed by atoms with Crippen molar-refractivity contribution in [2.45, 2.75) is 51.1 Å². The van der Waals surface area contributed by atoms with Gasteiger partial charge in [0.25, 0.3) is 0 Å². The zero-order valence-electron chi connectivity index (χ0n) is 11.8. The second kappa shape index (κ2) is 6.16. The van der Waals surface area contributed by atoms with Crippen molar-refractivity contribution in [1.82, 2.24) is 10.2 Å². The Balaban J connectivity index is 1.67. The summed E-state index contributed by atoms with van der Waals surface area (Å²) >= 11 is 5.42. The summed E-state index contributed by atoms with van der Waals surface area (Å²) in [7, 11) is 0. The average molecular weight is 357 g/mol. The number of fused-ring (bicyclic) bond motifs is 1. The minimum absolute atomic E-state index is 0.0808. The molecule has 0 radical (unpaired) electrons. The number of amides is 1. The van der Waals surface area contributed by atoms with Crippen LogP contribution in [0, 0.1) is 0 Å². The van der Waals surface area contributed by atoms with Gasteiger partial charge in [-0.2, -0.15) is 0 Å². The molecular weight excluding hydrogens is 336 g/mol. The maximum atomic E-state index is 12.4. The highest BCUT2D eigenvalue weighted by Crippen LogP contribution is 2.38. The Kier molecular flexibility index (Phi) is 4.48. The fraction of sp³-hybridized carbons (Fsp3) is 0.667. The number of nitrogens with one attached hydrogen (secondary N) is 1. The molecule has 1 saturated heterocycles. The van der Waals surface area contributed by atoms with Crippen molar-refractivity contribution in [2.24, 2.45) is 0 Å². The predicted molar refractivity (Wildman–Crippen MR) is 86.1 cm³/mol. The number of thiophene rings is 1. The molecule has 0 spiro atoms. The third-order valence-corrected chi connectivity index (χ3v) is 6.04. The van der Waals surface area contributed by atoms with Crippen LogP contribution in [0.25, 0.3) is 0 Å². The van der Waals surface area contributed by atoms with Crippen LogP contribution < -0.4 is 5.32 Å². The van der Waals surface area contributed by atoms with Gasteiger partial charge in [0.1, 0.15) is 0 Å². The molecular formula is C15H21BrN2OS. The van der Waals surface area contributed by atoms with Crippen LogP contribution in [-0.4, -0.2) is 29.9 Å². The number of halogens is 1. The quantitative estimate of drug-likeness (QED) is 0.898. The zero-order valence-corrected chi connectivity index (χ0v) is 14.2. The average Bonchev–Trinajstić information content (AvgIpc) is 3.06. The molecule has 3 rings (SSSR count). The molecule has 0 saturated carbocycles. The van der Waals surface area contributed by atoms with Crippen LogP contribution >= 0.6 is 27.3 Å². The van der Waals surface area contributed by atoms with Crippen LogP contribution in [0.1, 0.15) is 49.1 Å². The molecule has 1 aromatic rings. The molecule has 1 aromatic heterocycles. The van der Waals surface area contributed by atoms with Crippen LogP contribution in [0.4, 0.5) is 0 Å². The SMILES string of the molecule is CC(NC1CCCc2sc(Br)cc21)C(=O)N1CCCC1. The molecule has 1 amide bonds. The summed E-state index contributed by atoms with van der Waals surface area (Å²) in [6.07, 6.45) is 5.83. The van der Waals surface area contributed by atoms with Crippen LogP contribution in [0.3, 0.4) is 0 Å². The van der Waals surface area contributed by atoms with Crippen molar-refractivity contribution < 1.29 is 4.79 Å². The first-order chi connectivity index (χ1) is 9.65. The second-order valence-electron chi connectivity index (χ2n) is 5.79. The first kappa shape index (κ1) is 14.5. The van der Waals surface area contributed by atoms with Gasteiger partial charge < -0.3 is 4.90 Å². The molecule has 3 nitrogen and oxygen atoms in total. The van der Waals surface area contributed by atoms with E-state index in [1.807, 2.05) is 23.2 Å². The van der Waals surface area contributed by atoms with E-state index < -0.39 is 0 Å². The Morgan fingerprint density at radius 3 is 2.95 bits per heavy atom. The highest BCUT2D eigenvalue weighted by Gasteiger charge is 2.28. The van der Waals surface area contributed by atoms with E-state index >= 15 is 0 Å². The third-order valence-electron chi connectivity index (χ3n) is 4.32. The van der Waals surface area contributed by atoms with Gasteiger partial charge in [-0.15, -0.1) is 11.3 Å². The highest BCUT2D eigenvalue weighted by molar-refractivity contribution is 9.11. The molecule has 1 fully saturated rings. The number of aryl methyl sites for hydroxylation is 1. The molecule has 1 N–H and O–H groups in total. The first-order valence-electron chi connectivity index (χ1n) is 7.48. The molecule has 0 aromatic carbocycles. The van der Waals surface area contributed by atoms with E-state index in [0.29, 0.717) is 6.04 Å². The van der Waals surface area contributed by atoms with Crippen molar-refractivity contribution in [3.05, 3.63) is 20.3 Å². The predicted octanol–water partition coefficient (Wildman–Crippen LogP) is 3.49. The topological polar surface area (TPSA) is 32.3 Å². The Morgan fingerprint density at radius 2 is 2.20 bits per heavy atom. The van der Waals surface area contributed by atoms with Crippen molar-refractivity contribution in [2.75, 3.05) is 13.1 Å². The van der Waals surface area contributed by atoms with E-state index in [-0.39, 0.29) is 11.9 Å². The summed E-state index contributed by atoms with van der Waals surface area (Å²) in [6.45, 7) is 3.88. The Bertz CT molecular complexity index is 496. The largest absolute Gasteiger partial charge is 0.341 e. The van der Waals surface area contributed by atoms with E-state index in [2.05, 4.69) is 27.3 Å². The number of likely N-dealkylation sites (tertiary alicyclic amines) is 1. The summed E-state index contributed by atoms with van der Waals surface area (Å²) < 4.78 is 1.20. The van der Waals surface area contributed by atoms with Gasteiger partial charge in [-0.3, -0.25) is 10.1 Å². The molecule has 0 bridgehead atoms. The molecule has 20 heavy (non-hydrogen) atoms. The minimum atomic E-state index is -0.0808. The Labute approximate surface area is 132 Å². The summed E-state index contributed by atoms with van der Waals surface area (Å²) in [4.78, 5) is 15.9. The summed E-state index contributed by atoms with van der Waals surface area (Å²) in [6, 6.07) is 2.48. The van der Waals surface area contributed by atoms with Gasteiger partial charge >= 0.3 is 0 Å². The molecule has 2 heterocycles. The number of rotatable bonds is 3. The maximum absolute atomic E-state index is 12.4. The lowest BCUT2D eigenvalue weighted by molar-refractivity contribution is -0.132. The van der Waals surface area contributed by atoms with E-state index in [4.69, 9.17) is 0 Å². The summed E-state index contributed by atoms with van der Waals surface area (Å²) in [5, 5.41) is 3.56. The first-order valence-corrected chi connectivity index (χ1v) is 9.09. The minimum Gasteiger partial charge on any atom is -0.341 e. The van der Waals surface area contributed by atoms with Gasteiger partial charge in [0.05, 0.1) is 9.83 Å². The van der Waals surface area contributed by atoms with E-state index in [9.17, 15) is 4.79 Å². The number of carbonyl (C=O) groups excluding carboxylic acids is 1. The van der Waals surface area contributed by atoms with Gasteiger partial charge in [-0.1, -0.05) is 0 Å². The summed E-state index contributed by atoms with van der Waals surface area (Å²) in [5.74, 6) is 0.268. The van der Waals surface area contributed by atoms with Gasteiger partial charge in [-0.25, -0.2) is 0 Å². The molecule has 1 aliphatic carbocycles. The van der Waals surface area contributed by atoms with Crippen LogP contribution in [0.15, 0.2) is 9.85 Å². The molecule has 1 aliphatic heterocycles. The van der Waals surface area contributed by atoms with Crippen LogP contribution in [0.2, 0.25) is 0 Å². The monoisotopic (exact) mass is 356 g/mol. The number of carbonyl (C=O) groups is 1. The Hall–Kier alpha value is -0.390. The number of hydrogen-bond acceptors (Lipinski definition) is 3. The lowest BCUT2D eigenvalue weighted by Crippen LogP contribution is -2.45. The van der Waals surface area contributed by atoms with Crippen molar-refractivity contribution >= 4 is 33.2 Å². The molecule has 2 aliphatic rings. The smallest absolute Gasteiger partial charge is 0.239 e. The summed E-state index contributed by atoms with van der Waals surface area (Å²) in [5.41, 5.74) is 1.40. The second-order valence-corrected chi connectivity index (χ2v) is 8.31. The lowest BCUT2D eigenvalue weighted by Gasteiger charge is -2.28. The van der Waals surface area contributed by atoms with Crippen LogP contribution in [-0.2, 0) is 11.2 Å². The van der Waals surface area contributed by atoms with Gasteiger partial charge in [0.15, 0.2) is 0 Å². The van der Waals surface area contributed by atoms with E-state index in [0.717, 1.165) is 32.4 Å². The van der Waals surface area contributed by atoms with E-state index in [1.165, 1.54) is 27.1 Å². The normalized spacial score (nSPS) is 23.7. The zero-order chi connectivity index (χ0) is 14.1. The standard InChI is InChI=1S/C15H21BrN2OS/c1-10(15(19)18-7-2-3-8-18)17-12-5-4-6-13-11(12)9-14(16)20-13/h9-10,12,17H,2-8H2,1H3. The van der Waals surface area contributed by atoms with Crippen molar-refractivity contribution in [3.63, 3.8) is 0 Å². The third kappa shape index (κ3) is 2.95.